The Morgan fingerprint density at radius 2 is 1.89 bits per heavy atom. The van der Waals surface area contributed by atoms with E-state index in [2.05, 4.69) is 0 Å². The van der Waals surface area contributed by atoms with Crippen LogP contribution in [0.3, 0.4) is 0 Å². The number of nitrogens with two attached hydrogens (primary N) is 1. The molecule has 0 spiro atoms. The maximum Gasteiger partial charge on any atom is 0.0518 e. The first kappa shape index (κ1) is 5.99. The number of hydrogen-bond donors (Lipinski definition) is 1. The molecular formula is C7H12ClN. The summed E-state index contributed by atoms with van der Waals surface area (Å²) in [7, 11) is 0. The van der Waals surface area contributed by atoms with Crippen LogP contribution in [0, 0.1) is 11.8 Å². The van der Waals surface area contributed by atoms with Crippen LogP contribution in [-0.4, -0.2) is 11.4 Å². The fourth-order valence-corrected chi connectivity index (χ4v) is 2.70. The molecule has 0 aliphatic heterocycles. The Morgan fingerprint density at radius 3 is 2.22 bits per heavy atom. The molecule has 0 saturated heterocycles. The molecule has 2 saturated carbocycles. The van der Waals surface area contributed by atoms with Gasteiger partial charge in [0.05, 0.1) is 5.38 Å². The number of halogens is 1. The minimum atomic E-state index is 0.295. The lowest BCUT2D eigenvalue weighted by molar-refractivity contribution is 0.424. The quantitative estimate of drug-likeness (QED) is 0.512. The van der Waals surface area contributed by atoms with Gasteiger partial charge in [0, 0.05) is 6.04 Å². The molecule has 0 amide bonds. The molecule has 52 valence electrons. The van der Waals surface area contributed by atoms with Gasteiger partial charge in [-0.2, -0.15) is 0 Å². The first-order valence-electron chi connectivity index (χ1n) is 3.68. The third-order valence-electron chi connectivity index (χ3n) is 2.88. The highest BCUT2D eigenvalue weighted by Gasteiger charge is 2.44. The van der Waals surface area contributed by atoms with Crippen molar-refractivity contribution in [3.63, 3.8) is 0 Å². The van der Waals surface area contributed by atoms with Crippen molar-refractivity contribution in [2.24, 2.45) is 17.6 Å². The van der Waals surface area contributed by atoms with E-state index in [1.54, 1.807) is 0 Å². The van der Waals surface area contributed by atoms with Gasteiger partial charge >= 0.3 is 0 Å². The molecule has 0 unspecified atom stereocenters. The second-order valence-electron chi connectivity index (χ2n) is 3.35. The first-order valence-corrected chi connectivity index (χ1v) is 4.12. The zero-order valence-corrected chi connectivity index (χ0v) is 6.14. The van der Waals surface area contributed by atoms with E-state index in [4.69, 9.17) is 17.3 Å². The summed E-state index contributed by atoms with van der Waals surface area (Å²) in [5.41, 5.74) is 5.83. The summed E-state index contributed by atoms with van der Waals surface area (Å²) in [4.78, 5) is 0. The molecule has 2 bridgehead atoms. The van der Waals surface area contributed by atoms with Gasteiger partial charge in [-0.15, -0.1) is 11.6 Å². The summed E-state index contributed by atoms with van der Waals surface area (Å²) >= 11 is 6.03. The van der Waals surface area contributed by atoms with Crippen LogP contribution in [0.4, 0.5) is 0 Å². The van der Waals surface area contributed by atoms with Crippen LogP contribution in [0.1, 0.15) is 19.3 Å². The van der Waals surface area contributed by atoms with Crippen molar-refractivity contribution in [2.75, 3.05) is 0 Å². The molecule has 2 fully saturated rings. The third-order valence-corrected chi connectivity index (χ3v) is 3.52. The topological polar surface area (TPSA) is 26.0 Å². The van der Waals surface area contributed by atoms with Gasteiger partial charge in [0.25, 0.3) is 0 Å². The average molecular weight is 146 g/mol. The van der Waals surface area contributed by atoms with Crippen molar-refractivity contribution in [1.29, 1.82) is 0 Å². The summed E-state index contributed by atoms with van der Waals surface area (Å²) in [5, 5.41) is 0.295. The minimum absolute atomic E-state index is 0.295. The van der Waals surface area contributed by atoms with Crippen molar-refractivity contribution in [1.82, 2.24) is 0 Å². The van der Waals surface area contributed by atoms with Crippen molar-refractivity contribution >= 4 is 11.6 Å². The second kappa shape index (κ2) is 1.86. The molecule has 2 N–H and O–H groups in total. The van der Waals surface area contributed by atoms with Gasteiger partial charge in [-0.25, -0.2) is 0 Å². The zero-order valence-electron chi connectivity index (χ0n) is 5.39. The van der Waals surface area contributed by atoms with E-state index < -0.39 is 0 Å². The molecule has 2 rings (SSSR count). The van der Waals surface area contributed by atoms with E-state index in [-0.39, 0.29) is 0 Å². The minimum Gasteiger partial charge on any atom is -0.326 e. The van der Waals surface area contributed by atoms with Gasteiger partial charge in [0.1, 0.15) is 0 Å². The average Bonchev–Trinajstić information content (AvgIpc) is 2.37. The van der Waals surface area contributed by atoms with Crippen LogP contribution >= 0.6 is 11.6 Å². The fourth-order valence-electron chi connectivity index (χ4n) is 2.27. The number of rotatable bonds is 0. The third kappa shape index (κ3) is 0.714. The van der Waals surface area contributed by atoms with Gasteiger partial charge in [-0.1, -0.05) is 0 Å². The van der Waals surface area contributed by atoms with E-state index in [1.807, 2.05) is 0 Å². The van der Waals surface area contributed by atoms with Gasteiger partial charge < -0.3 is 5.73 Å². The standard InChI is InChI=1S/C7H12ClN/c8-6-4-1-2-5(3-4)7(6)9/h4-7H,1-3,9H2/t4-,5+,6+,7+/m1/s1. The highest BCUT2D eigenvalue weighted by molar-refractivity contribution is 6.21. The molecular weight excluding hydrogens is 134 g/mol. The normalized spacial score (nSPS) is 56.7. The molecule has 1 nitrogen and oxygen atoms in total. The lowest BCUT2D eigenvalue weighted by Gasteiger charge is -2.21. The monoisotopic (exact) mass is 145 g/mol. The maximum atomic E-state index is 6.03. The molecule has 0 aromatic carbocycles. The van der Waals surface area contributed by atoms with E-state index in [9.17, 15) is 0 Å². The predicted molar refractivity (Wildman–Crippen MR) is 38.4 cm³/mol. The summed E-state index contributed by atoms with van der Waals surface area (Å²) in [6.45, 7) is 0. The van der Waals surface area contributed by atoms with Crippen molar-refractivity contribution in [2.45, 2.75) is 30.7 Å². The number of alkyl halides is 1. The lowest BCUT2D eigenvalue weighted by Crippen LogP contribution is -2.36. The van der Waals surface area contributed by atoms with Crippen LogP contribution in [0.5, 0.6) is 0 Å². The summed E-state index contributed by atoms with van der Waals surface area (Å²) in [6, 6.07) is 0.311. The Hall–Kier alpha value is 0.250. The summed E-state index contributed by atoms with van der Waals surface area (Å²) < 4.78 is 0. The Morgan fingerprint density at radius 1 is 1.22 bits per heavy atom. The lowest BCUT2D eigenvalue weighted by atomic mass is 9.96. The Bertz CT molecular complexity index is 108. The van der Waals surface area contributed by atoms with E-state index in [0.29, 0.717) is 11.4 Å². The zero-order chi connectivity index (χ0) is 6.43. The van der Waals surface area contributed by atoms with Gasteiger partial charge in [-0.3, -0.25) is 0 Å². The SMILES string of the molecule is N[C@H]1[C@H]2CC[C@H](C2)[C@@H]1Cl. The maximum absolute atomic E-state index is 6.03. The van der Waals surface area contributed by atoms with Crippen molar-refractivity contribution < 1.29 is 0 Å². The number of fused-ring (bicyclic) bond motifs is 2. The largest absolute Gasteiger partial charge is 0.326 e. The van der Waals surface area contributed by atoms with E-state index in [0.717, 1.165) is 11.8 Å². The highest BCUT2D eigenvalue weighted by atomic mass is 35.5. The van der Waals surface area contributed by atoms with Crippen molar-refractivity contribution in [3.8, 4) is 0 Å². The van der Waals surface area contributed by atoms with Crippen LogP contribution in [0.2, 0.25) is 0 Å². The van der Waals surface area contributed by atoms with Crippen molar-refractivity contribution in [3.05, 3.63) is 0 Å². The predicted octanol–water partition coefficient (Wildman–Crippen LogP) is 1.35. The second-order valence-corrected chi connectivity index (χ2v) is 3.86. The van der Waals surface area contributed by atoms with Crippen LogP contribution < -0.4 is 5.73 Å². The van der Waals surface area contributed by atoms with Gasteiger partial charge in [-0.05, 0) is 31.1 Å². The van der Waals surface area contributed by atoms with E-state index in [1.165, 1.54) is 19.3 Å². The Kier molecular flexibility index (Phi) is 1.24. The highest BCUT2D eigenvalue weighted by Crippen LogP contribution is 2.46. The molecule has 9 heavy (non-hydrogen) atoms. The molecule has 2 aliphatic rings. The molecule has 0 aromatic heterocycles. The van der Waals surface area contributed by atoms with Crippen LogP contribution in [0.25, 0.3) is 0 Å². The molecule has 4 atom stereocenters. The molecule has 0 radical (unpaired) electrons. The van der Waals surface area contributed by atoms with Crippen LogP contribution in [-0.2, 0) is 0 Å². The first-order chi connectivity index (χ1) is 4.29. The summed E-state index contributed by atoms with van der Waals surface area (Å²) in [5.74, 6) is 1.52. The molecule has 0 aromatic rings. The molecule has 2 heteroatoms. The molecule has 2 aliphatic carbocycles. The Balaban J connectivity index is 2.15. The smallest absolute Gasteiger partial charge is 0.0518 e. The van der Waals surface area contributed by atoms with E-state index >= 15 is 0 Å². The van der Waals surface area contributed by atoms with Gasteiger partial charge in [0.2, 0.25) is 0 Å². The van der Waals surface area contributed by atoms with Gasteiger partial charge in [0.15, 0.2) is 0 Å². The Labute approximate surface area is 60.6 Å². The summed E-state index contributed by atoms with van der Waals surface area (Å²) in [6.07, 6.45) is 3.96. The number of hydrogen-bond acceptors (Lipinski definition) is 1. The van der Waals surface area contributed by atoms with Crippen LogP contribution in [0.15, 0.2) is 0 Å². The fraction of sp³-hybridized carbons (Fsp3) is 1.00. The molecule has 0 heterocycles.